The van der Waals surface area contributed by atoms with Crippen molar-refractivity contribution in [2.45, 2.75) is 23.6 Å². The molecular formula is C18H22O6S. The molecule has 0 N–H and O–H groups in total. The summed E-state index contributed by atoms with van der Waals surface area (Å²) < 4.78 is 46.1. The first-order valence-corrected chi connectivity index (χ1v) is 9.42. The Morgan fingerprint density at radius 2 is 1.04 bits per heavy atom. The molecule has 0 bridgehead atoms. The summed E-state index contributed by atoms with van der Waals surface area (Å²) in [7, 11) is -3.60. The lowest BCUT2D eigenvalue weighted by Gasteiger charge is -2.09. The van der Waals surface area contributed by atoms with Crippen LogP contribution in [0.1, 0.15) is 13.8 Å². The standard InChI is InChI=1S/C18H22O6S/c1-3-21-13-23-15-5-9-17(10-6-15)25(19,20)18-11-7-16(8-12-18)24-14-22-4-2/h5-12H,3-4,13-14H2,1-2H3. The SMILES string of the molecule is CCOCOc1ccc(S(=O)(=O)c2ccc(OCOCC)cc2)cc1. The van der Waals surface area contributed by atoms with Crippen molar-refractivity contribution in [3.05, 3.63) is 48.5 Å². The van der Waals surface area contributed by atoms with E-state index in [4.69, 9.17) is 18.9 Å². The third kappa shape index (κ3) is 5.45. The maximum atomic E-state index is 12.6. The average Bonchev–Trinajstić information content (AvgIpc) is 2.63. The summed E-state index contributed by atoms with van der Waals surface area (Å²) in [5.74, 6) is 1.10. The Morgan fingerprint density at radius 3 is 1.36 bits per heavy atom. The predicted octanol–water partition coefficient (Wildman–Crippen LogP) is 3.27. The Labute approximate surface area is 148 Å². The van der Waals surface area contributed by atoms with Gasteiger partial charge in [-0.3, -0.25) is 0 Å². The molecule has 0 heterocycles. The summed E-state index contributed by atoms with van der Waals surface area (Å²) >= 11 is 0. The van der Waals surface area contributed by atoms with Crippen LogP contribution in [0.3, 0.4) is 0 Å². The third-order valence-electron chi connectivity index (χ3n) is 3.29. The topological polar surface area (TPSA) is 71.1 Å². The highest BCUT2D eigenvalue weighted by molar-refractivity contribution is 7.91. The van der Waals surface area contributed by atoms with Gasteiger partial charge in [-0.25, -0.2) is 8.42 Å². The van der Waals surface area contributed by atoms with Gasteiger partial charge in [0, 0.05) is 13.2 Å². The molecule has 25 heavy (non-hydrogen) atoms. The lowest BCUT2D eigenvalue weighted by atomic mass is 10.3. The molecule has 6 nitrogen and oxygen atoms in total. The number of rotatable bonds is 10. The zero-order valence-corrected chi connectivity index (χ0v) is 15.1. The predicted molar refractivity (Wildman–Crippen MR) is 92.6 cm³/mol. The van der Waals surface area contributed by atoms with Crippen molar-refractivity contribution in [2.75, 3.05) is 26.8 Å². The highest BCUT2D eigenvalue weighted by Crippen LogP contribution is 2.25. The number of hydrogen-bond donors (Lipinski definition) is 0. The fraction of sp³-hybridized carbons (Fsp3) is 0.333. The first-order chi connectivity index (χ1) is 12.1. The monoisotopic (exact) mass is 366 g/mol. The molecule has 0 aliphatic carbocycles. The van der Waals surface area contributed by atoms with Crippen molar-refractivity contribution >= 4 is 9.84 Å². The van der Waals surface area contributed by atoms with Gasteiger partial charge in [-0.05, 0) is 62.4 Å². The van der Waals surface area contributed by atoms with E-state index in [1.54, 1.807) is 24.3 Å². The van der Waals surface area contributed by atoms with Crippen LogP contribution in [0.5, 0.6) is 11.5 Å². The van der Waals surface area contributed by atoms with Crippen LogP contribution in [0.15, 0.2) is 58.3 Å². The van der Waals surface area contributed by atoms with Crippen LogP contribution in [0, 0.1) is 0 Å². The minimum absolute atomic E-state index is 0.131. The molecule has 0 atom stereocenters. The van der Waals surface area contributed by atoms with E-state index in [1.165, 1.54) is 24.3 Å². The van der Waals surface area contributed by atoms with Crippen molar-refractivity contribution in [1.29, 1.82) is 0 Å². The first kappa shape index (κ1) is 19.2. The molecule has 0 radical (unpaired) electrons. The molecule has 0 aromatic heterocycles. The highest BCUT2D eigenvalue weighted by Gasteiger charge is 2.17. The smallest absolute Gasteiger partial charge is 0.206 e. The first-order valence-electron chi connectivity index (χ1n) is 7.94. The van der Waals surface area contributed by atoms with Crippen LogP contribution in [0.25, 0.3) is 0 Å². The van der Waals surface area contributed by atoms with Crippen LogP contribution in [0.2, 0.25) is 0 Å². The van der Waals surface area contributed by atoms with Gasteiger partial charge in [-0.1, -0.05) is 0 Å². The number of ether oxygens (including phenoxy) is 4. The lowest BCUT2D eigenvalue weighted by Crippen LogP contribution is -2.05. The minimum Gasteiger partial charge on any atom is -0.468 e. The quantitative estimate of drug-likeness (QED) is 0.475. The Bertz CT molecular complexity index is 679. The van der Waals surface area contributed by atoms with E-state index in [0.29, 0.717) is 24.7 Å². The Morgan fingerprint density at radius 1 is 0.680 bits per heavy atom. The maximum Gasteiger partial charge on any atom is 0.206 e. The molecule has 0 fully saturated rings. The fourth-order valence-electron chi connectivity index (χ4n) is 1.95. The summed E-state index contributed by atoms with van der Waals surface area (Å²) in [6.07, 6.45) is 0. The van der Waals surface area contributed by atoms with Gasteiger partial charge in [0.2, 0.25) is 9.84 Å². The summed E-state index contributed by atoms with van der Waals surface area (Å²) in [6.45, 7) is 5.10. The van der Waals surface area contributed by atoms with Crippen LogP contribution in [0.4, 0.5) is 0 Å². The second-order valence-corrected chi connectivity index (χ2v) is 6.91. The fourth-order valence-corrected chi connectivity index (χ4v) is 3.21. The summed E-state index contributed by atoms with van der Waals surface area (Å²) in [4.78, 5) is 0.387. The molecule has 0 spiro atoms. The third-order valence-corrected chi connectivity index (χ3v) is 5.08. The van der Waals surface area contributed by atoms with Crippen LogP contribution >= 0.6 is 0 Å². The van der Waals surface area contributed by atoms with E-state index in [-0.39, 0.29) is 23.4 Å². The van der Waals surface area contributed by atoms with Crippen molar-refractivity contribution in [1.82, 2.24) is 0 Å². The van der Waals surface area contributed by atoms with E-state index in [2.05, 4.69) is 0 Å². The van der Waals surface area contributed by atoms with Gasteiger partial charge in [0.15, 0.2) is 13.6 Å². The van der Waals surface area contributed by atoms with Gasteiger partial charge >= 0.3 is 0 Å². The summed E-state index contributed by atoms with van der Waals surface area (Å²) in [5.41, 5.74) is 0. The molecular weight excluding hydrogens is 344 g/mol. The number of sulfone groups is 1. The van der Waals surface area contributed by atoms with Gasteiger partial charge in [0.25, 0.3) is 0 Å². The van der Waals surface area contributed by atoms with E-state index in [1.807, 2.05) is 13.8 Å². The van der Waals surface area contributed by atoms with Crippen LogP contribution in [-0.2, 0) is 19.3 Å². The van der Waals surface area contributed by atoms with Crippen molar-refractivity contribution in [3.8, 4) is 11.5 Å². The van der Waals surface area contributed by atoms with Gasteiger partial charge in [-0.15, -0.1) is 0 Å². The molecule has 0 aliphatic heterocycles. The van der Waals surface area contributed by atoms with E-state index >= 15 is 0 Å². The zero-order chi connectivity index (χ0) is 18.1. The summed E-state index contributed by atoms with van der Waals surface area (Å²) in [6, 6.07) is 12.5. The van der Waals surface area contributed by atoms with E-state index < -0.39 is 9.84 Å². The molecule has 7 heteroatoms. The Balaban J connectivity index is 2.07. The molecule has 2 rings (SSSR count). The second kappa shape index (κ2) is 9.41. The number of hydrogen-bond acceptors (Lipinski definition) is 6. The van der Waals surface area contributed by atoms with E-state index in [9.17, 15) is 8.42 Å². The van der Waals surface area contributed by atoms with Crippen LogP contribution in [-0.4, -0.2) is 35.2 Å². The molecule has 0 amide bonds. The second-order valence-electron chi connectivity index (χ2n) is 4.96. The highest BCUT2D eigenvalue weighted by atomic mass is 32.2. The van der Waals surface area contributed by atoms with Gasteiger partial charge < -0.3 is 18.9 Å². The maximum absolute atomic E-state index is 12.6. The molecule has 136 valence electrons. The van der Waals surface area contributed by atoms with Gasteiger partial charge in [0.05, 0.1) is 9.79 Å². The molecule has 2 aromatic carbocycles. The number of benzene rings is 2. The average molecular weight is 366 g/mol. The van der Waals surface area contributed by atoms with E-state index in [0.717, 1.165) is 0 Å². The normalized spacial score (nSPS) is 11.3. The van der Waals surface area contributed by atoms with Crippen molar-refractivity contribution in [2.24, 2.45) is 0 Å². The van der Waals surface area contributed by atoms with Gasteiger partial charge in [0.1, 0.15) is 11.5 Å². The van der Waals surface area contributed by atoms with Gasteiger partial charge in [-0.2, -0.15) is 0 Å². The lowest BCUT2D eigenvalue weighted by molar-refractivity contribution is 0.0221. The molecule has 0 aliphatic rings. The molecule has 0 saturated heterocycles. The Kier molecular flexibility index (Phi) is 7.24. The molecule has 0 saturated carbocycles. The minimum atomic E-state index is -3.60. The van der Waals surface area contributed by atoms with Crippen molar-refractivity contribution in [3.63, 3.8) is 0 Å². The molecule has 0 unspecified atom stereocenters. The summed E-state index contributed by atoms with van der Waals surface area (Å²) in [5, 5.41) is 0. The zero-order valence-electron chi connectivity index (χ0n) is 14.3. The molecule has 2 aromatic rings. The largest absolute Gasteiger partial charge is 0.468 e. The Hall–Kier alpha value is -2.09. The van der Waals surface area contributed by atoms with Crippen LogP contribution < -0.4 is 9.47 Å². The van der Waals surface area contributed by atoms with Crippen molar-refractivity contribution < 1.29 is 27.4 Å².